The minimum Gasteiger partial charge on any atom is -0.481 e. The molecule has 6 nitrogen and oxygen atoms in total. The molecule has 1 atom stereocenters. The third-order valence-corrected chi connectivity index (χ3v) is 3.04. The van der Waals surface area contributed by atoms with Gasteiger partial charge >= 0.3 is 11.9 Å². The highest BCUT2D eigenvalue weighted by molar-refractivity contribution is 5.74. The zero-order chi connectivity index (χ0) is 12.8. The normalized spacial score (nSPS) is 26.2. The Bertz CT molecular complexity index is 269. The Labute approximate surface area is 99.2 Å². The molecular weight excluding hydrogens is 228 g/mol. The zero-order valence-electron chi connectivity index (χ0n) is 9.54. The lowest BCUT2D eigenvalue weighted by Crippen LogP contribution is -2.29. The van der Waals surface area contributed by atoms with Crippen molar-refractivity contribution >= 4 is 11.9 Å². The van der Waals surface area contributed by atoms with E-state index in [1.807, 2.05) is 0 Å². The molecule has 0 radical (unpaired) electrons. The summed E-state index contributed by atoms with van der Waals surface area (Å²) in [6.07, 6.45) is 0.931. The van der Waals surface area contributed by atoms with Crippen LogP contribution in [0.3, 0.4) is 0 Å². The number of carboxylic acids is 1. The smallest absolute Gasteiger partial charge is 0.309 e. The molecule has 1 aliphatic carbocycles. The summed E-state index contributed by atoms with van der Waals surface area (Å²) in [4.78, 5) is 22.2. The zero-order valence-corrected chi connectivity index (χ0v) is 9.54. The number of esters is 1. The van der Waals surface area contributed by atoms with Crippen LogP contribution in [0.4, 0.5) is 0 Å². The molecule has 0 aromatic heterocycles. The first-order chi connectivity index (χ1) is 8.04. The second-order valence-electron chi connectivity index (χ2n) is 4.35. The largest absolute Gasteiger partial charge is 0.481 e. The van der Waals surface area contributed by atoms with Gasteiger partial charge in [-0.15, -0.1) is 0 Å². The van der Waals surface area contributed by atoms with Crippen LogP contribution >= 0.6 is 0 Å². The van der Waals surface area contributed by atoms with E-state index in [0.717, 1.165) is 0 Å². The molecule has 1 aliphatic rings. The van der Waals surface area contributed by atoms with Crippen molar-refractivity contribution in [1.29, 1.82) is 0 Å². The van der Waals surface area contributed by atoms with E-state index in [2.05, 4.69) is 0 Å². The number of carboxylic acid groups (broad SMARTS) is 1. The van der Waals surface area contributed by atoms with Crippen molar-refractivity contribution in [3.63, 3.8) is 0 Å². The molecule has 1 saturated carbocycles. The van der Waals surface area contributed by atoms with Crippen LogP contribution < -0.4 is 0 Å². The maximum absolute atomic E-state index is 11.5. The van der Waals surface area contributed by atoms with Crippen LogP contribution in [-0.4, -0.2) is 46.6 Å². The Kier molecular flexibility index (Phi) is 5.37. The van der Waals surface area contributed by atoms with Gasteiger partial charge in [0.05, 0.1) is 18.4 Å². The van der Waals surface area contributed by atoms with Gasteiger partial charge in [-0.3, -0.25) is 9.59 Å². The number of aliphatic carboxylic acids is 1. The van der Waals surface area contributed by atoms with Crippen molar-refractivity contribution < 1.29 is 29.6 Å². The van der Waals surface area contributed by atoms with E-state index in [1.165, 1.54) is 0 Å². The van der Waals surface area contributed by atoms with Gasteiger partial charge in [0.1, 0.15) is 12.7 Å². The van der Waals surface area contributed by atoms with E-state index < -0.39 is 24.6 Å². The minimum atomic E-state index is -1.05. The lowest BCUT2D eigenvalue weighted by Gasteiger charge is -2.24. The second kappa shape index (κ2) is 6.56. The van der Waals surface area contributed by atoms with Crippen molar-refractivity contribution in [1.82, 2.24) is 0 Å². The summed E-state index contributed by atoms with van der Waals surface area (Å²) in [5.74, 6) is -1.87. The summed E-state index contributed by atoms with van der Waals surface area (Å²) in [5.41, 5.74) is 0. The highest BCUT2D eigenvalue weighted by Crippen LogP contribution is 2.29. The highest BCUT2D eigenvalue weighted by atomic mass is 16.5. The fraction of sp³-hybridized carbons (Fsp3) is 0.818. The van der Waals surface area contributed by atoms with Crippen LogP contribution in [0, 0.1) is 11.8 Å². The van der Waals surface area contributed by atoms with Gasteiger partial charge in [-0.1, -0.05) is 0 Å². The minimum absolute atomic E-state index is 0.214. The highest BCUT2D eigenvalue weighted by Gasteiger charge is 2.30. The number of hydrogen-bond acceptors (Lipinski definition) is 5. The third-order valence-electron chi connectivity index (χ3n) is 3.04. The maximum atomic E-state index is 11.5. The van der Waals surface area contributed by atoms with Crippen LogP contribution in [0.2, 0.25) is 0 Å². The molecule has 0 aliphatic heterocycles. The molecule has 0 bridgehead atoms. The van der Waals surface area contributed by atoms with E-state index in [1.54, 1.807) is 0 Å². The Morgan fingerprint density at radius 2 is 1.71 bits per heavy atom. The molecule has 0 aromatic rings. The number of carbonyl (C=O) groups excluding carboxylic acids is 1. The van der Waals surface area contributed by atoms with E-state index in [4.69, 9.17) is 20.1 Å². The average Bonchev–Trinajstić information content (AvgIpc) is 2.35. The van der Waals surface area contributed by atoms with Crippen LogP contribution in [0.25, 0.3) is 0 Å². The molecule has 0 saturated heterocycles. The Morgan fingerprint density at radius 3 is 2.18 bits per heavy atom. The van der Waals surface area contributed by atoms with Crippen molar-refractivity contribution in [2.24, 2.45) is 11.8 Å². The first-order valence-corrected chi connectivity index (χ1v) is 5.73. The lowest BCUT2D eigenvalue weighted by molar-refractivity contribution is -0.155. The average molecular weight is 246 g/mol. The number of ether oxygens (including phenoxy) is 1. The maximum Gasteiger partial charge on any atom is 0.309 e. The van der Waals surface area contributed by atoms with Gasteiger partial charge in [0.2, 0.25) is 0 Å². The van der Waals surface area contributed by atoms with Gasteiger partial charge in [-0.05, 0) is 25.7 Å². The van der Waals surface area contributed by atoms with Gasteiger partial charge in [0.15, 0.2) is 0 Å². The van der Waals surface area contributed by atoms with Crippen LogP contribution in [-0.2, 0) is 14.3 Å². The molecular formula is C11H18O6. The van der Waals surface area contributed by atoms with Crippen molar-refractivity contribution in [3.05, 3.63) is 0 Å². The van der Waals surface area contributed by atoms with Crippen LogP contribution in [0.1, 0.15) is 25.7 Å². The summed E-state index contributed by atoms with van der Waals surface area (Å²) >= 11 is 0. The summed E-state index contributed by atoms with van der Waals surface area (Å²) in [6.45, 7) is -0.659. The van der Waals surface area contributed by atoms with Crippen LogP contribution in [0.5, 0.6) is 0 Å². The number of aliphatic hydroxyl groups is 2. The molecule has 1 unspecified atom stereocenters. The Morgan fingerprint density at radius 1 is 1.18 bits per heavy atom. The fourth-order valence-corrected chi connectivity index (χ4v) is 1.92. The van der Waals surface area contributed by atoms with Crippen molar-refractivity contribution in [3.8, 4) is 0 Å². The van der Waals surface area contributed by atoms with Crippen molar-refractivity contribution in [2.45, 2.75) is 31.8 Å². The van der Waals surface area contributed by atoms with E-state index in [0.29, 0.717) is 25.7 Å². The lowest BCUT2D eigenvalue weighted by atomic mass is 9.82. The van der Waals surface area contributed by atoms with Gasteiger partial charge in [0.25, 0.3) is 0 Å². The van der Waals surface area contributed by atoms with Crippen LogP contribution in [0.15, 0.2) is 0 Å². The second-order valence-corrected chi connectivity index (χ2v) is 4.35. The summed E-state index contributed by atoms with van der Waals surface area (Å²) < 4.78 is 4.83. The summed E-state index contributed by atoms with van der Waals surface area (Å²) in [7, 11) is 0. The summed E-state index contributed by atoms with van der Waals surface area (Å²) in [6, 6.07) is 0. The molecule has 0 aromatic carbocycles. The Hall–Kier alpha value is -1.14. The number of rotatable bonds is 5. The van der Waals surface area contributed by atoms with Gasteiger partial charge in [-0.25, -0.2) is 0 Å². The monoisotopic (exact) mass is 246 g/mol. The first-order valence-electron chi connectivity index (χ1n) is 5.73. The number of aliphatic hydroxyl groups excluding tert-OH is 2. The molecule has 0 heterocycles. The molecule has 98 valence electrons. The fourth-order valence-electron chi connectivity index (χ4n) is 1.92. The SMILES string of the molecule is O=C(O)C1CCC(C(=O)OCC(O)CO)CC1. The molecule has 0 spiro atoms. The standard InChI is InChI=1S/C11H18O6/c12-5-9(13)6-17-11(16)8-3-1-7(2-4-8)10(14)15/h7-9,12-13H,1-6H2,(H,14,15). The summed E-state index contributed by atoms with van der Waals surface area (Å²) in [5, 5.41) is 26.4. The molecule has 17 heavy (non-hydrogen) atoms. The molecule has 0 amide bonds. The van der Waals surface area contributed by atoms with E-state index in [9.17, 15) is 9.59 Å². The van der Waals surface area contributed by atoms with E-state index in [-0.39, 0.29) is 18.4 Å². The predicted octanol–water partition coefficient (Wildman–Crippen LogP) is -0.226. The van der Waals surface area contributed by atoms with Gasteiger partial charge in [-0.2, -0.15) is 0 Å². The topological polar surface area (TPSA) is 104 Å². The third kappa shape index (κ3) is 4.32. The first kappa shape index (κ1) is 13.9. The molecule has 6 heteroatoms. The molecule has 1 fully saturated rings. The Balaban J connectivity index is 2.28. The number of hydrogen-bond donors (Lipinski definition) is 3. The molecule has 1 rings (SSSR count). The predicted molar refractivity (Wildman–Crippen MR) is 57.1 cm³/mol. The van der Waals surface area contributed by atoms with Gasteiger partial charge < -0.3 is 20.1 Å². The number of carbonyl (C=O) groups is 2. The van der Waals surface area contributed by atoms with Gasteiger partial charge in [0, 0.05) is 0 Å². The quantitative estimate of drug-likeness (QED) is 0.579. The van der Waals surface area contributed by atoms with Crippen molar-refractivity contribution in [2.75, 3.05) is 13.2 Å². The van der Waals surface area contributed by atoms with E-state index >= 15 is 0 Å². The molecule has 3 N–H and O–H groups in total.